The highest BCUT2D eigenvalue weighted by Gasteiger charge is 2.10. The minimum absolute atomic E-state index is 0.0267. The second kappa shape index (κ2) is 41.6. The van der Waals surface area contributed by atoms with Crippen LogP contribution >= 0.6 is 0 Å². The molecule has 0 aromatic carbocycles. The van der Waals surface area contributed by atoms with Crippen molar-refractivity contribution >= 4 is 5.97 Å². The average molecular weight is 733 g/mol. The molecule has 3 atom stereocenters. The number of ether oxygens (including phenoxy) is 1. The molecule has 0 rings (SSSR count). The predicted molar refractivity (Wildman–Crippen MR) is 234 cm³/mol. The van der Waals surface area contributed by atoms with Crippen molar-refractivity contribution in [1.82, 2.24) is 0 Å². The molecule has 0 aliphatic carbocycles. The lowest BCUT2D eigenvalue weighted by molar-refractivity contribution is -0.144. The van der Waals surface area contributed by atoms with Crippen LogP contribution < -0.4 is 0 Å². The van der Waals surface area contributed by atoms with E-state index in [2.05, 4.69) is 41.5 Å². The smallest absolute Gasteiger partial charge is 0.305 e. The summed E-state index contributed by atoms with van der Waals surface area (Å²) in [6, 6.07) is 0. The molecule has 0 fully saturated rings. The number of carbonyl (C=O) groups is 1. The number of esters is 1. The quantitative estimate of drug-likeness (QED) is 0.0461. The van der Waals surface area contributed by atoms with E-state index >= 15 is 0 Å². The second-order valence-electron chi connectivity index (χ2n) is 18.5. The Balaban J connectivity index is 3.32. The summed E-state index contributed by atoms with van der Waals surface area (Å²) in [5.41, 5.74) is 0. The highest BCUT2D eigenvalue weighted by Crippen LogP contribution is 2.23. The van der Waals surface area contributed by atoms with Crippen LogP contribution in [0.2, 0.25) is 0 Å². The normalized spacial score (nSPS) is 13.5. The molecular formula is C50H100O2. The highest BCUT2D eigenvalue weighted by molar-refractivity contribution is 5.69. The van der Waals surface area contributed by atoms with Gasteiger partial charge in [0.1, 0.15) is 0 Å². The Bertz CT molecular complexity index is 686. The van der Waals surface area contributed by atoms with Gasteiger partial charge < -0.3 is 4.74 Å². The average Bonchev–Trinajstić information content (AvgIpc) is 3.11. The van der Waals surface area contributed by atoms with Gasteiger partial charge in [-0.3, -0.25) is 4.79 Å². The first-order valence-electron chi connectivity index (χ1n) is 24.5. The molecular weight excluding hydrogens is 633 g/mol. The van der Waals surface area contributed by atoms with Crippen LogP contribution in [0.1, 0.15) is 286 Å². The second-order valence-corrected chi connectivity index (χ2v) is 18.5. The molecule has 2 nitrogen and oxygen atoms in total. The standard InChI is InChI=1S/C50H100O2/c1-7-8-9-10-11-12-13-14-15-16-17-18-19-20-21-22-23-24-25-26-27-28-29-30-31-32-33-43-50(51)52-45-44-49(6)42-36-41-48(5)40-35-39-47(4)38-34-37-46(2)3/h46-49H,7-45H2,1-6H3. The monoisotopic (exact) mass is 733 g/mol. The van der Waals surface area contributed by atoms with Gasteiger partial charge in [-0.15, -0.1) is 0 Å². The van der Waals surface area contributed by atoms with Crippen LogP contribution in [0.15, 0.2) is 0 Å². The van der Waals surface area contributed by atoms with E-state index in [0.717, 1.165) is 30.6 Å². The van der Waals surface area contributed by atoms with Crippen molar-refractivity contribution in [1.29, 1.82) is 0 Å². The number of unbranched alkanes of at least 4 members (excludes halogenated alkanes) is 26. The van der Waals surface area contributed by atoms with E-state index in [1.165, 1.54) is 225 Å². The van der Waals surface area contributed by atoms with Crippen LogP contribution in [0.25, 0.3) is 0 Å². The molecule has 0 aliphatic heterocycles. The first-order chi connectivity index (χ1) is 25.3. The Kier molecular flexibility index (Phi) is 41.2. The van der Waals surface area contributed by atoms with Gasteiger partial charge in [0.15, 0.2) is 0 Å². The molecule has 3 unspecified atom stereocenters. The Morgan fingerprint density at radius 2 is 0.615 bits per heavy atom. The van der Waals surface area contributed by atoms with Gasteiger partial charge in [-0.1, -0.05) is 266 Å². The molecule has 0 saturated carbocycles. The molecule has 0 amide bonds. The summed E-state index contributed by atoms with van der Waals surface area (Å²) in [6.07, 6.45) is 52.1. The van der Waals surface area contributed by atoms with Crippen molar-refractivity contribution in [3.05, 3.63) is 0 Å². The predicted octanol–water partition coefficient (Wildman–Crippen LogP) is 17.9. The Labute approximate surface area is 330 Å². The van der Waals surface area contributed by atoms with Crippen molar-refractivity contribution in [2.75, 3.05) is 6.61 Å². The van der Waals surface area contributed by atoms with Crippen molar-refractivity contribution in [2.24, 2.45) is 23.7 Å². The van der Waals surface area contributed by atoms with Gasteiger partial charge in [0.05, 0.1) is 6.61 Å². The summed E-state index contributed by atoms with van der Waals surface area (Å²) < 4.78 is 5.58. The summed E-state index contributed by atoms with van der Waals surface area (Å²) in [4.78, 5) is 12.2. The largest absolute Gasteiger partial charge is 0.466 e. The first-order valence-corrected chi connectivity index (χ1v) is 24.5. The molecule has 0 saturated heterocycles. The molecule has 2 heteroatoms. The fraction of sp³-hybridized carbons (Fsp3) is 0.980. The molecule has 0 N–H and O–H groups in total. The Morgan fingerprint density at radius 1 is 0.346 bits per heavy atom. The maximum absolute atomic E-state index is 12.2. The van der Waals surface area contributed by atoms with Gasteiger partial charge in [-0.2, -0.15) is 0 Å². The topological polar surface area (TPSA) is 26.3 Å². The van der Waals surface area contributed by atoms with Gasteiger partial charge in [0.25, 0.3) is 0 Å². The van der Waals surface area contributed by atoms with Crippen LogP contribution in [-0.2, 0) is 9.53 Å². The lowest BCUT2D eigenvalue weighted by atomic mass is 9.91. The maximum Gasteiger partial charge on any atom is 0.305 e. The molecule has 52 heavy (non-hydrogen) atoms. The van der Waals surface area contributed by atoms with Crippen molar-refractivity contribution in [2.45, 2.75) is 286 Å². The van der Waals surface area contributed by atoms with Crippen molar-refractivity contribution in [3.8, 4) is 0 Å². The molecule has 0 heterocycles. The van der Waals surface area contributed by atoms with E-state index in [-0.39, 0.29) is 5.97 Å². The first kappa shape index (κ1) is 51.5. The van der Waals surface area contributed by atoms with E-state index in [4.69, 9.17) is 4.74 Å². The van der Waals surface area contributed by atoms with E-state index in [0.29, 0.717) is 18.9 Å². The van der Waals surface area contributed by atoms with Crippen LogP contribution in [0.5, 0.6) is 0 Å². The van der Waals surface area contributed by atoms with E-state index < -0.39 is 0 Å². The van der Waals surface area contributed by atoms with Gasteiger partial charge in [-0.05, 0) is 36.5 Å². The van der Waals surface area contributed by atoms with Gasteiger partial charge in [-0.25, -0.2) is 0 Å². The fourth-order valence-electron chi connectivity index (χ4n) is 8.15. The van der Waals surface area contributed by atoms with Gasteiger partial charge in [0, 0.05) is 6.42 Å². The summed E-state index contributed by atoms with van der Waals surface area (Å²) in [7, 11) is 0. The molecule has 0 radical (unpaired) electrons. The number of hydrogen-bond acceptors (Lipinski definition) is 2. The zero-order valence-corrected chi connectivity index (χ0v) is 37.2. The molecule has 0 spiro atoms. The molecule has 0 aromatic heterocycles. The molecule has 0 aromatic rings. The Morgan fingerprint density at radius 3 is 0.923 bits per heavy atom. The van der Waals surface area contributed by atoms with E-state index in [1.54, 1.807) is 0 Å². The van der Waals surface area contributed by atoms with E-state index in [1.807, 2.05) is 0 Å². The zero-order chi connectivity index (χ0) is 38.2. The number of hydrogen-bond donors (Lipinski definition) is 0. The molecule has 0 aliphatic rings. The van der Waals surface area contributed by atoms with Gasteiger partial charge in [0.2, 0.25) is 0 Å². The van der Waals surface area contributed by atoms with Crippen molar-refractivity contribution in [3.63, 3.8) is 0 Å². The minimum atomic E-state index is 0.0267. The Hall–Kier alpha value is -0.530. The van der Waals surface area contributed by atoms with Crippen LogP contribution in [0.4, 0.5) is 0 Å². The zero-order valence-electron chi connectivity index (χ0n) is 37.2. The highest BCUT2D eigenvalue weighted by atomic mass is 16.5. The number of carbonyl (C=O) groups excluding carboxylic acids is 1. The summed E-state index contributed by atoms with van der Waals surface area (Å²) in [6.45, 7) is 14.8. The summed E-state index contributed by atoms with van der Waals surface area (Å²) in [5, 5.41) is 0. The minimum Gasteiger partial charge on any atom is -0.466 e. The van der Waals surface area contributed by atoms with Gasteiger partial charge >= 0.3 is 5.97 Å². The SMILES string of the molecule is CCCCCCCCCCCCCCCCCCCCCCCCCCCCCC(=O)OCCC(C)CCCC(C)CCCC(C)CCCC(C)C. The van der Waals surface area contributed by atoms with Crippen LogP contribution in [0, 0.1) is 23.7 Å². The van der Waals surface area contributed by atoms with E-state index in [9.17, 15) is 4.79 Å². The molecule has 0 bridgehead atoms. The fourth-order valence-corrected chi connectivity index (χ4v) is 8.15. The number of rotatable bonds is 43. The van der Waals surface area contributed by atoms with Crippen LogP contribution in [0.3, 0.4) is 0 Å². The van der Waals surface area contributed by atoms with Crippen LogP contribution in [-0.4, -0.2) is 12.6 Å². The third-order valence-corrected chi connectivity index (χ3v) is 12.1. The lowest BCUT2D eigenvalue weighted by Crippen LogP contribution is -2.09. The third kappa shape index (κ3) is 42.2. The third-order valence-electron chi connectivity index (χ3n) is 12.1. The van der Waals surface area contributed by atoms with Crippen molar-refractivity contribution < 1.29 is 9.53 Å². The summed E-state index contributed by atoms with van der Waals surface area (Å²) >= 11 is 0. The maximum atomic E-state index is 12.2. The lowest BCUT2D eigenvalue weighted by Gasteiger charge is -2.16. The molecule has 312 valence electrons. The summed E-state index contributed by atoms with van der Waals surface area (Å²) in [5.74, 6) is 3.28.